The summed E-state index contributed by atoms with van der Waals surface area (Å²) in [7, 11) is -9.94. The Morgan fingerprint density at radius 2 is 0.404 bits per heavy atom. The molecule has 0 aliphatic heterocycles. The van der Waals surface area contributed by atoms with E-state index >= 15 is 0 Å². The number of carbonyl (C=O) groups is 4. The van der Waals surface area contributed by atoms with Crippen LogP contribution in [-0.2, 0) is 65.4 Å². The molecule has 0 bridgehead atoms. The van der Waals surface area contributed by atoms with Gasteiger partial charge in [-0.25, -0.2) is 9.13 Å². The van der Waals surface area contributed by atoms with Crippen molar-refractivity contribution in [3.05, 3.63) is 0 Å². The zero-order valence-corrected chi connectivity index (χ0v) is 77.0. The monoisotopic (exact) mass is 1660 g/mol. The molecule has 3 N–H and O–H groups in total. The number of carbonyl (C=O) groups excluding carboxylic acids is 4. The second kappa shape index (κ2) is 87.4. The van der Waals surface area contributed by atoms with Crippen molar-refractivity contribution in [1.29, 1.82) is 0 Å². The summed E-state index contributed by atoms with van der Waals surface area (Å²) in [5.41, 5.74) is 0. The second-order valence-corrected chi connectivity index (χ2v) is 37.5. The van der Waals surface area contributed by atoms with Crippen molar-refractivity contribution in [1.82, 2.24) is 0 Å². The topological polar surface area (TPSA) is 237 Å². The van der Waals surface area contributed by atoms with E-state index in [0.717, 1.165) is 95.8 Å². The van der Waals surface area contributed by atoms with E-state index in [2.05, 4.69) is 34.6 Å². The molecule has 0 aliphatic carbocycles. The van der Waals surface area contributed by atoms with Gasteiger partial charge >= 0.3 is 39.5 Å². The van der Waals surface area contributed by atoms with Crippen LogP contribution < -0.4 is 0 Å². The maximum absolute atomic E-state index is 13.2. The smallest absolute Gasteiger partial charge is 0.462 e. The summed E-state index contributed by atoms with van der Waals surface area (Å²) in [6, 6.07) is 0. The molecule has 0 amide bonds. The molecular formula is C95H186O17P2. The normalized spacial score (nSPS) is 13.6. The van der Waals surface area contributed by atoms with Crippen LogP contribution in [-0.4, -0.2) is 96.7 Å². The molecule has 0 rings (SSSR count). The van der Waals surface area contributed by atoms with Gasteiger partial charge in [-0.1, -0.05) is 471 Å². The van der Waals surface area contributed by atoms with Gasteiger partial charge in [-0.05, 0) is 31.6 Å². The van der Waals surface area contributed by atoms with Crippen LogP contribution in [0.2, 0.25) is 0 Å². The van der Waals surface area contributed by atoms with Crippen LogP contribution in [0.5, 0.6) is 0 Å². The van der Waals surface area contributed by atoms with Crippen LogP contribution in [0.25, 0.3) is 0 Å². The van der Waals surface area contributed by atoms with Crippen LogP contribution >= 0.6 is 15.6 Å². The fourth-order valence-electron chi connectivity index (χ4n) is 15.1. The molecule has 2 unspecified atom stereocenters. The second-order valence-electron chi connectivity index (χ2n) is 34.6. The zero-order chi connectivity index (χ0) is 83.3. The van der Waals surface area contributed by atoms with Crippen molar-refractivity contribution in [2.45, 2.75) is 541 Å². The molecule has 19 heteroatoms. The molecular weight excluding hydrogens is 1470 g/mol. The number of hydrogen-bond donors (Lipinski definition) is 3. The molecule has 0 aliphatic rings. The molecule has 0 spiro atoms. The molecule has 0 aromatic heterocycles. The van der Waals surface area contributed by atoms with E-state index in [4.69, 9.17) is 37.0 Å². The maximum atomic E-state index is 13.2. The van der Waals surface area contributed by atoms with Crippen molar-refractivity contribution in [3.63, 3.8) is 0 Å². The Morgan fingerprint density at radius 1 is 0.237 bits per heavy atom. The average molecular weight is 1660 g/mol. The lowest BCUT2D eigenvalue weighted by molar-refractivity contribution is -0.161. The molecule has 5 atom stereocenters. The van der Waals surface area contributed by atoms with E-state index in [1.54, 1.807) is 0 Å². The minimum atomic E-state index is -4.97. The number of rotatable bonds is 95. The van der Waals surface area contributed by atoms with Crippen LogP contribution in [0.4, 0.5) is 0 Å². The third-order valence-corrected chi connectivity index (χ3v) is 24.4. The molecule has 0 saturated heterocycles. The van der Waals surface area contributed by atoms with Crippen LogP contribution in [0.3, 0.4) is 0 Å². The number of phosphoric acid groups is 2. The first-order valence-corrected chi connectivity index (χ1v) is 52.1. The Labute approximate surface area is 702 Å². The van der Waals surface area contributed by atoms with Crippen LogP contribution in [0.1, 0.15) is 523 Å². The Bertz CT molecular complexity index is 2150. The SMILES string of the molecule is CCCCCCCCCCCCCCCCCCCCCCCCC(=O)OC[C@H](COP(=O)(O)OC[C@@H](O)COP(=O)(O)OC[C@@H](COC(=O)CCCCCCCCCCCCCCC)OC(=O)CCCCCCCCCCCCCCCCC(C)C)OC(=O)CCCCCCCCCCCCCCCCCCCCCCCC. The highest BCUT2D eigenvalue weighted by Crippen LogP contribution is 2.45. The molecule has 17 nitrogen and oxygen atoms in total. The first-order chi connectivity index (χ1) is 55.5. The van der Waals surface area contributed by atoms with Crippen LogP contribution in [0.15, 0.2) is 0 Å². The predicted octanol–water partition coefficient (Wildman–Crippen LogP) is 29.9. The number of aliphatic hydroxyl groups is 1. The van der Waals surface area contributed by atoms with E-state index in [1.807, 2.05) is 0 Å². The molecule has 0 saturated carbocycles. The zero-order valence-electron chi connectivity index (χ0n) is 75.2. The number of aliphatic hydroxyl groups excluding tert-OH is 1. The van der Waals surface area contributed by atoms with Gasteiger partial charge in [0.15, 0.2) is 12.2 Å². The number of phosphoric ester groups is 2. The van der Waals surface area contributed by atoms with Gasteiger partial charge < -0.3 is 33.8 Å². The van der Waals surface area contributed by atoms with Crippen molar-refractivity contribution in [2.24, 2.45) is 5.92 Å². The lowest BCUT2D eigenvalue weighted by Gasteiger charge is -2.21. The minimum absolute atomic E-state index is 0.109. The maximum Gasteiger partial charge on any atom is 0.472 e. The van der Waals surface area contributed by atoms with Crippen molar-refractivity contribution >= 4 is 39.5 Å². The quantitative estimate of drug-likeness (QED) is 0.0222. The average Bonchev–Trinajstić information content (AvgIpc) is 0.899. The highest BCUT2D eigenvalue weighted by Gasteiger charge is 2.31. The standard InChI is InChI=1S/C95H186O17P2/c1-6-9-12-15-18-21-24-27-29-31-33-35-37-39-41-43-49-54-59-64-69-74-79-93(98)106-85-91(111-94(99)80-75-70-65-60-55-50-44-42-40-38-36-34-32-30-28-25-22-19-16-13-10-7-2)87-110-114(103,104)108-83-89(96)82-107-113(101,102)109-86-90(84-105-92(97)78-73-68-63-58-53-47-26-23-20-17-14-11-8-3)112-95(100)81-76-71-66-61-56-51-46-45-48-52-57-62-67-72-77-88(4)5/h88-91,96H,6-87H2,1-5H3,(H,101,102)(H,103,104)/t89-,90+,91+/m0/s1. The predicted molar refractivity (Wildman–Crippen MR) is 474 cm³/mol. The molecule has 114 heavy (non-hydrogen) atoms. The van der Waals surface area contributed by atoms with E-state index in [1.165, 1.54) is 347 Å². The van der Waals surface area contributed by atoms with Gasteiger partial charge in [-0.3, -0.25) is 37.3 Å². The number of unbranched alkanes of at least 4 members (excludes halogenated alkanes) is 67. The largest absolute Gasteiger partial charge is 0.472 e. The summed E-state index contributed by atoms with van der Waals surface area (Å²) < 4.78 is 69.2. The van der Waals surface area contributed by atoms with E-state index in [-0.39, 0.29) is 25.7 Å². The van der Waals surface area contributed by atoms with E-state index in [0.29, 0.717) is 25.7 Å². The number of hydrogen-bond acceptors (Lipinski definition) is 15. The van der Waals surface area contributed by atoms with Crippen molar-refractivity contribution < 1.29 is 80.2 Å². The van der Waals surface area contributed by atoms with Crippen molar-refractivity contribution in [2.75, 3.05) is 39.6 Å². The third-order valence-electron chi connectivity index (χ3n) is 22.5. The molecule has 0 aromatic rings. The lowest BCUT2D eigenvalue weighted by Crippen LogP contribution is -2.30. The molecule has 0 heterocycles. The summed E-state index contributed by atoms with van der Waals surface area (Å²) in [6.07, 6.45) is 84.9. The van der Waals surface area contributed by atoms with Gasteiger partial charge in [0.25, 0.3) is 0 Å². The van der Waals surface area contributed by atoms with Gasteiger partial charge in [0.2, 0.25) is 0 Å². The number of ether oxygens (including phenoxy) is 4. The first-order valence-electron chi connectivity index (χ1n) is 49.1. The van der Waals surface area contributed by atoms with E-state index < -0.39 is 97.5 Å². The Hall–Kier alpha value is -1.94. The van der Waals surface area contributed by atoms with Gasteiger partial charge in [0, 0.05) is 25.7 Å². The fraction of sp³-hybridized carbons (Fsp3) is 0.958. The first kappa shape index (κ1) is 112. The molecule has 678 valence electrons. The highest BCUT2D eigenvalue weighted by molar-refractivity contribution is 7.47. The molecule has 0 fully saturated rings. The summed E-state index contributed by atoms with van der Waals surface area (Å²) in [5, 5.41) is 10.7. The highest BCUT2D eigenvalue weighted by atomic mass is 31.2. The van der Waals surface area contributed by atoms with E-state index in [9.17, 15) is 43.2 Å². The Kier molecular flexibility index (Phi) is 85.9. The Morgan fingerprint density at radius 3 is 0.596 bits per heavy atom. The lowest BCUT2D eigenvalue weighted by atomic mass is 10.0. The number of esters is 4. The summed E-state index contributed by atoms with van der Waals surface area (Å²) >= 11 is 0. The fourth-order valence-corrected chi connectivity index (χ4v) is 16.6. The summed E-state index contributed by atoms with van der Waals surface area (Å²) in [6.45, 7) is 7.44. The van der Waals surface area contributed by atoms with Crippen molar-refractivity contribution in [3.8, 4) is 0 Å². The van der Waals surface area contributed by atoms with Gasteiger partial charge in [0.1, 0.15) is 19.3 Å². The van der Waals surface area contributed by atoms with Crippen LogP contribution in [0, 0.1) is 5.92 Å². The summed E-state index contributed by atoms with van der Waals surface area (Å²) in [5.74, 6) is -1.29. The molecule has 0 radical (unpaired) electrons. The summed E-state index contributed by atoms with van der Waals surface area (Å²) in [4.78, 5) is 73.6. The third kappa shape index (κ3) is 87.9. The van der Waals surface area contributed by atoms with Gasteiger partial charge in [-0.2, -0.15) is 0 Å². The molecule has 0 aromatic carbocycles. The Balaban J connectivity index is 5.24. The van der Waals surface area contributed by atoms with Gasteiger partial charge in [0.05, 0.1) is 26.4 Å². The minimum Gasteiger partial charge on any atom is -0.462 e. The van der Waals surface area contributed by atoms with Gasteiger partial charge in [-0.15, -0.1) is 0 Å².